The molecule has 3 nitrogen and oxygen atoms in total. The molecule has 3 heteroatoms. The van der Waals surface area contributed by atoms with Gasteiger partial charge in [0.15, 0.2) is 0 Å². The van der Waals surface area contributed by atoms with Crippen LogP contribution < -0.4 is 5.32 Å². The summed E-state index contributed by atoms with van der Waals surface area (Å²) in [6, 6.07) is 6.85. The fourth-order valence-corrected chi connectivity index (χ4v) is 3.78. The molecule has 22 heavy (non-hydrogen) atoms. The molecular weight excluding hydrogens is 272 g/mol. The highest BCUT2D eigenvalue weighted by Crippen LogP contribution is 2.38. The highest BCUT2D eigenvalue weighted by molar-refractivity contribution is 5.87. The lowest BCUT2D eigenvalue weighted by atomic mass is 9.84. The first kappa shape index (κ1) is 15.1. The van der Waals surface area contributed by atoms with Crippen LogP contribution in [0.15, 0.2) is 18.2 Å². The number of aromatic nitrogens is 1. The van der Waals surface area contributed by atoms with Crippen molar-refractivity contribution in [1.29, 1.82) is 0 Å². The average Bonchev–Trinajstić information content (AvgIpc) is 2.85. The molecule has 1 atom stereocenters. The number of fused-ring (bicyclic) bond motifs is 3. The van der Waals surface area contributed by atoms with Crippen molar-refractivity contribution in [2.45, 2.75) is 51.9 Å². The molecule has 0 fully saturated rings. The zero-order chi connectivity index (χ0) is 15.7. The number of amides is 1. The zero-order valence-corrected chi connectivity index (χ0v) is 13.9. The fraction of sp³-hybridized carbons (Fsp3) is 0.526. The lowest BCUT2D eigenvalue weighted by Crippen LogP contribution is -2.29. The zero-order valence-electron chi connectivity index (χ0n) is 13.9. The van der Waals surface area contributed by atoms with Crippen LogP contribution in [0, 0.1) is 0 Å². The van der Waals surface area contributed by atoms with Crippen molar-refractivity contribution in [2.24, 2.45) is 7.05 Å². The number of hydrogen-bond acceptors (Lipinski definition) is 1. The summed E-state index contributed by atoms with van der Waals surface area (Å²) in [6.45, 7) is 4.89. The molecule has 0 bridgehead atoms. The summed E-state index contributed by atoms with van der Waals surface area (Å²) in [5.74, 6) is 0.608. The van der Waals surface area contributed by atoms with Crippen LogP contribution in [0.1, 0.15) is 55.8 Å². The molecule has 118 valence electrons. The second-order valence-corrected chi connectivity index (χ2v) is 6.37. The summed E-state index contributed by atoms with van der Waals surface area (Å²) >= 11 is 0. The molecule has 0 aliphatic heterocycles. The van der Waals surface area contributed by atoms with Crippen LogP contribution in [0.25, 0.3) is 10.9 Å². The number of hydrogen-bond donors (Lipinski definition) is 1. The van der Waals surface area contributed by atoms with Crippen molar-refractivity contribution in [2.75, 3.05) is 6.54 Å². The van der Waals surface area contributed by atoms with E-state index >= 15 is 0 Å². The van der Waals surface area contributed by atoms with Gasteiger partial charge in [0, 0.05) is 42.5 Å². The van der Waals surface area contributed by atoms with E-state index in [9.17, 15) is 4.79 Å². The highest BCUT2D eigenvalue weighted by Gasteiger charge is 2.26. The number of aryl methyl sites for hydroxylation is 2. The number of carbonyl (C=O) groups excluding carboxylic acids is 1. The minimum atomic E-state index is 0.154. The molecule has 1 unspecified atom stereocenters. The van der Waals surface area contributed by atoms with Crippen LogP contribution in [0.5, 0.6) is 0 Å². The maximum absolute atomic E-state index is 11.6. The molecule has 1 heterocycles. The van der Waals surface area contributed by atoms with Crippen molar-refractivity contribution in [3.63, 3.8) is 0 Å². The normalized spacial score (nSPS) is 17.5. The number of nitrogens with one attached hydrogen (secondary N) is 1. The van der Waals surface area contributed by atoms with Gasteiger partial charge in [-0.3, -0.25) is 4.79 Å². The van der Waals surface area contributed by atoms with E-state index in [1.807, 2.05) is 6.92 Å². The Bertz CT molecular complexity index is 699. The van der Waals surface area contributed by atoms with E-state index in [0.29, 0.717) is 12.3 Å². The van der Waals surface area contributed by atoms with Gasteiger partial charge in [0.2, 0.25) is 5.91 Å². The maximum atomic E-state index is 11.6. The van der Waals surface area contributed by atoms with Crippen molar-refractivity contribution in [3.8, 4) is 0 Å². The van der Waals surface area contributed by atoms with E-state index < -0.39 is 0 Å². The third kappa shape index (κ3) is 2.53. The topological polar surface area (TPSA) is 34.0 Å². The first-order valence-corrected chi connectivity index (χ1v) is 8.52. The Labute approximate surface area is 132 Å². The molecule has 3 rings (SSSR count). The predicted molar refractivity (Wildman–Crippen MR) is 91.3 cm³/mol. The van der Waals surface area contributed by atoms with E-state index in [2.05, 4.69) is 42.1 Å². The molecule has 0 saturated heterocycles. The third-order valence-electron chi connectivity index (χ3n) is 5.08. The first-order chi connectivity index (χ1) is 10.7. The van der Waals surface area contributed by atoms with Crippen LogP contribution in [0.4, 0.5) is 0 Å². The lowest BCUT2D eigenvalue weighted by Gasteiger charge is -2.24. The molecule has 1 aromatic heterocycles. The molecule has 2 aromatic rings. The van der Waals surface area contributed by atoms with Crippen LogP contribution >= 0.6 is 0 Å². The van der Waals surface area contributed by atoms with Crippen molar-refractivity contribution in [3.05, 3.63) is 35.0 Å². The Morgan fingerprint density at radius 1 is 1.36 bits per heavy atom. The molecule has 0 saturated carbocycles. The van der Waals surface area contributed by atoms with Crippen molar-refractivity contribution >= 4 is 16.8 Å². The van der Waals surface area contributed by atoms with Gasteiger partial charge in [0.25, 0.3) is 0 Å². The standard InChI is InChI=1S/C19H26N2O/c1-4-13-9-10-16-15(11-13)19-14(12-20-18(22)5-2)7-6-8-17(19)21(16)3/h9-11,14H,4-8,12H2,1-3H3,(H,20,22). The van der Waals surface area contributed by atoms with E-state index in [1.54, 1.807) is 0 Å². The Morgan fingerprint density at radius 2 is 2.18 bits per heavy atom. The molecule has 1 amide bonds. The van der Waals surface area contributed by atoms with Crippen LogP contribution in [-0.2, 0) is 24.7 Å². The van der Waals surface area contributed by atoms with E-state index in [1.165, 1.54) is 40.6 Å². The summed E-state index contributed by atoms with van der Waals surface area (Å²) in [4.78, 5) is 11.6. The second kappa shape index (κ2) is 6.15. The van der Waals surface area contributed by atoms with Gasteiger partial charge in [0.05, 0.1) is 0 Å². The molecule has 1 aliphatic carbocycles. The van der Waals surface area contributed by atoms with Gasteiger partial charge >= 0.3 is 0 Å². The summed E-state index contributed by atoms with van der Waals surface area (Å²) < 4.78 is 2.36. The molecule has 0 radical (unpaired) electrons. The maximum Gasteiger partial charge on any atom is 0.219 e. The van der Waals surface area contributed by atoms with E-state index in [4.69, 9.17) is 0 Å². The summed E-state index contributed by atoms with van der Waals surface area (Å²) in [5, 5.41) is 4.49. The summed E-state index contributed by atoms with van der Waals surface area (Å²) in [6.07, 6.45) is 5.17. The predicted octanol–water partition coefficient (Wildman–Crippen LogP) is 3.69. The van der Waals surface area contributed by atoms with Gasteiger partial charge in [-0.05, 0) is 48.9 Å². The first-order valence-electron chi connectivity index (χ1n) is 8.52. The van der Waals surface area contributed by atoms with Crippen LogP contribution in [0.3, 0.4) is 0 Å². The van der Waals surface area contributed by atoms with Crippen LogP contribution in [-0.4, -0.2) is 17.0 Å². The third-order valence-corrected chi connectivity index (χ3v) is 5.08. The molecular formula is C19H26N2O. The number of benzene rings is 1. The number of rotatable bonds is 4. The van der Waals surface area contributed by atoms with Gasteiger partial charge in [-0.1, -0.05) is 19.9 Å². The van der Waals surface area contributed by atoms with E-state index in [-0.39, 0.29) is 5.91 Å². The molecule has 0 spiro atoms. The minimum Gasteiger partial charge on any atom is -0.355 e. The molecule has 1 aliphatic rings. The van der Waals surface area contributed by atoms with E-state index in [0.717, 1.165) is 19.4 Å². The van der Waals surface area contributed by atoms with Crippen LogP contribution in [0.2, 0.25) is 0 Å². The quantitative estimate of drug-likeness (QED) is 0.918. The molecule has 1 aromatic carbocycles. The fourth-order valence-electron chi connectivity index (χ4n) is 3.78. The smallest absolute Gasteiger partial charge is 0.219 e. The minimum absolute atomic E-state index is 0.154. The Morgan fingerprint density at radius 3 is 2.91 bits per heavy atom. The number of nitrogens with zero attached hydrogens (tertiary/aromatic N) is 1. The highest BCUT2D eigenvalue weighted by atomic mass is 16.1. The molecule has 1 N–H and O–H groups in total. The second-order valence-electron chi connectivity index (χ2n) is 6.37. The summed E-state index contributed by atoms with van der Waals surface area (Å²) in [5.41, 5.74) is 5.67. The SMILES string of the molecule is CCC(=O)NCC1CCCc2c1c1cc(CC)ccc1n2C. The average molecular weight is 298 g/mol. The monoisotopic (exact) mass is 298 g/mol. The Balaban J connectivity index is 2.03. The Kier molecular flexibility index (Phi) is 4.23. The van der Waals surface area contributed by atoms with Gasteiger partial charge in [-0.25, -0.2) is 0 Å². The van der Waals surface area contributed by atoms with Gasteiger partial charge in [-0.2, -0.15) is 0 Å². The van der Waals surface area contributed by atoms with Gasteiger partial charge < -0.3 is 9.88 Å². The van der Waals surface area contributed by atoms with Crippen molar-refractivity contribution < 1.29 is 4.79 Å². The number of carbonyl (C=O) groups is 1. The lowest BCUT2D eigenvalue weighted by molar-refractivity contribution is -0.120. The van der Waals surface area contributed by atoms with Gasteiger partial charge in [0.1, 0.15) is 0 Å². The largest absolute Gasteiger partial charge is 0.355 e. The Hall–Kier alpha value is -1.77. The van der Waals surface area contributed by atoms with Crippen molar-refractivity contribution in [1.82, 2.24) is 9.88 Å². The van der Waals surface area contributed by atoms with Gasteiger partial charge in [-0.15, -0.1) is 0 Å². The summed E-state index contributed by atoms with van der Waals surface area (Å²) in [7, 11) is 2.18.